The third-order valence-electron chi connectivity index (χ3n) is 2.41. The van der Waals surface area contributed by atoms with Gasteiger partial charge in [-0.3, -0.25) is 14.3 Å². The highest BCUT2D eigenvalue weighted by molar-refractivity contribution is 7.91. The fraction of sp³-hybridized carbons (Fsp3) is 0.200. The van der Waals surface area contributed by atoms with Gasteiger partial charge in [0.25, 0.3) is 5.91 Å². The summed E-state index contributed by atoms with van der Waals surface area (Å²) in [6.07, 6.45) is 0.0213. The molecule has 1 aromatic carbocycles. The third kappa shape index (κ3) is 2.01. The highest BCUT2D eigenvalue weighted by atomic mass is 32.2. The largest absolute Gasteiger partial charge is 0.469 e. The Labute approximate surface area is 98.1 Å². The molecule has 0 spiro atoms. The van der Waals surface area contributed by atoms with E-state index in [-0.39, 0.29) is 16.9 Å². The Hall–Kier alpha value is -1.89. The minimum absolute atomic E-state index is 0.0213. The van der Waals surface area contributed by atoms with E-state index in [1.807, 2.05) is 0 Å². The molecule has 0 aromatic heterocycles. The fourth-order valence-electron chi connectivity index (χ4n) is 1.58. The second kappa shape index (κ2) is 3.85. The first kappa shape index (κ1) is 11.6. The van der Waals surface area contributed by atoms with E-state index >= 15 is 0 Å². The minimum atomic E-state index is -3.27. The van der Waals surface area contributed by atoms with Crippen molar-refractivity contribution in [1.29, 1.82) is 4.78 Å². The number of carbonyl (C=O) groups excluding carboxylic acids is 2. The Morgan fingerprint density at radius 1 is 1.53 bits per heavy atom. The van der Waals surface area contributed by atoms with E-state index in [9.17, 15) is 13.8 Å². The molecule has 0 fully saturated rings. The summed E-state index contributed by atoms with van der Waals surface area (Å²) in [6.45, 7) is 0. The smallest absolute Gasteiger partial charge is 0.309 e. The molecule has 1 aromatic rings. The van der Waals surface area contributed by atoms with Gasteiger partial charge in [0.2, 0.25) is 0 Å². The summed E-state index contributed by atoms with van der Waals surface area (Å²) in [6, 6.07) is 4.47. The molecule has 1 heterocycles. The number of esters is 1. The molecule has 6 nitrogen and oxygen atoms in total. The summed E-state index contributed by atoms with van der Waals surface area (Å²) >= 11 is 0. The van der Waals surface area contributed by atoms with Crippen molar-refractivity contribution in [2.24, 2.45) is 0 Å². The van der Waals surface area contributed by atoms with Crippen LogP contribution in [0.25, 0.3) is 0 Å². The number of carbonyl (C=O) groups is 2. The molecule has 1 aliphatic rings. The Kier molecular flexibility index (Phi) is 2.62. The number of hydrogen-bond donors (Lipinski definition) is 2. The topological polar surface area (TPSA) is 96.3 Å². The molecule has 2 rings (SSSR count). The van der Waals surface area contributed by atoms with Gasteiger partial charge in [-0.1, -0.05) is 6.07 Å². The van der Waals surface area contributed by atoms with Gasteiger partial charge < -0.3 is 4.74 Å². The number of fused-ring (bicyclic) bond motifs is 1. The molecule has 2 N–H and O–H groups in total. The van der Waals surface area contributed by atoms with E-state index in [0.717, 1.165) is 0 Å². The second-order valence-electron chi connectivity index (χ2n) is 3.57. The lowest BCUT2D eigenvalue weighted by Gasteiger charge is -2.03. The number of benzene rings is 1. The fourth-order valence-corrected chi connectivity index (χ4v) is 2.85. The van der Waals surface area contributed by atoms with Crippen LogP contribution >= 0.6 is 0 Å². The maximum absolute atomic E-state index is 11.7. The predicted octanol–water partition coefficient (Wildman–Crippen LogP) is 0.466. The molecule has 17 heavy (non-hydrogen) atoms. The van der Waals surface area contributed by atoms with E-state index < -0.39 is 21.8 Å². The van der Waals surface area contributed by atoms with Crippen LogP contribution in [-0.4, -0.2) is 23.2 Å². The molecular formula is C10H10N2O4S. The van der Waals surface area contributed by atoms with Gasteiger partial charge in [0, 0.05) is 0 Å². The summed E-state index contributed by atoms with van der Waals surface area (Å²) in [5.41, 5.74) is 0.783. The molecule has 7 heteroatoms. The van der Waals surface area contributed by atoms with E-state index in [1.165, 1.54) is 19.2 Å². The lowest BCUT2D eigenvalue weighted by molar-refractivity contribution is -0.139. The molecule has 90 valence electrons. The van der Waals surface area contributed by atoms with Crippen LogP contribution in [0.5, 0.6) is 0 Å². The van der Waals surface area contributed by atoms with Crippen molar-refractivity contribution in [1.82, 2.24) is 4.72 Å². The van der Waals surface area contributed by atoms with Gasteiger partial charge in [-0.15, -0.1) is 0 Å². The summed E-state index contributed by atoms with van der Waals surface area (Å²) in [5, 5.41) is 0. The van der Waals surface area contributed by atoms with Crippen LogP contribution in [0.1, 0.15) is 15.9 Å². The maximum atomic E-state index is 11.7. The Morgan fingerprint density at radius 3 is 2.88 bits per heavy atom. The predicted molar refractivity (Wildman–Crippen MR) is 58.8 cm³/mol. The molecule has 1 amide bonds. The Bertz CT molecular complexity index is 607. The first-order chi connectivity index (χ1) is 7.94. The van der Waals surface area contributed by atoms with Crippen molar-refractivity contribution in [2.75, 3.05) is 7.11 Å². The first-order valence-electron chi connectivity index (χ1n) is 4.74. The number of hydrogen-bond acceptors (Lipinski definition) is 5. The second-order valence-corrected chi connectivity index (χ2v) is 5.33. The number of ether oxygens (including phenoxy) is 1. The summed E-state index contributed by atoms with van der Waals surface area (Å²) in [7, 11) is -2.00. The molecule has 1 unspecified atom stereocenters. The Balaban J connectivity index is 2.45. The molecule has 0 aliphatic carbocycles. The Morgan fingerprint density at radius 2 is 2.24 bits per heavy atom. The van der Waals surface area contributed by atoms with Crippen molar-refractivity contribution in [3.8, 4) is 0 Å². The molecule has 0 saturated carbocycles. The van der Waals surface area contributed by atoms with Crippen LogP contribution in [0.15, 0.2) is 23.1 Å². The summed E-state index contributed by atoms with van der Waals surface area (Å²) < 4.78 is 25.8. The van der Waals surface area contributed by atoms with Gasteiger partial charge in [0.05, 0.1) is 24.0 Å². The lowest BCUT2D eigenvalue weighted by Crippen LogP contribution is -2.19. The highest BCUT2D eigenvalue weighted by Crippen LogP contribution is 2.24. The molecule has 0 bridgehead atoms. The van der Waals surface area contributed by atoms with Gasteiger partial charge in [0.1, 0.15) is 0 Å². The van der Waals surface area contributed by atoms with Crippen LogP contribution in [0.4, 0.5) is 0 Å². The van der Waals surface area contributed by atoms with Gasteiger partial charge in [0.15, 0.2) is 9.92 Å². The van der Waals surface area contributed by atoms with Crippen molar-refractivity contribution >= 4 is 21.8 Å². The molecular weight excluding hydrogens is 244 g/mol. The van der Waals surface area contributed by atoms with Crippen molar-refractivity contribution < 1.29 is 18.5 Å². The quantitative estimate of drug-likeness (QED) is 0.749. The van der Waals surface area contributed by atoms with Crippen LogP contribution in [0, 0.1) is 4.78 Å². The van der Waals surface area contributed by atoms with Gasteiger partial charge in [-0.25, -0.2) is 8.99 Å². The molecule has 1 aliphatic heterocycles. The minimum Gasteiger partial charge on any atom is -0.469 e. The highest BCUT2D eigenvalue weighted by Gasteiger charge is 2.29. The average Bonchev–Trinajstić information content (AvgIpc) is 2.49. The SMILES string of the molecule is COC(=O)Cc1ccc2c(c1)S(=N)(=O)NC2=O. The van der Waals surface area contributed by atoms with Crippen LogP contribution in [0.2, 0.25) is 0 Å². The molecule has 0 radical (unpaired) electrons. The average molecular weight is 254 g/mol. The van der Waals surface area contributed by atoms with Crippen molar-refractivity contribution in [3.05, 3.63) is 29.3 Å². The van der Waals surface area contributed by atoms with Crippen LogP contribution in [0.3, 0.4) is 0 Å². The first-order valence-corrected chi connectivity index (χ1v) is 6.30. The zero-order valence-corrected chi connectivity index (χ0v) is 9.80. The number of methoxy groups -OCH3 is 1. The van der Waals surface area contributed by atoms with Crippen LogP contribution in [-0.2, 0) is 25.9 Å². The van der Waals surface area contributed by atoms with Crippen LogP contribution < -0.4 is 4.72 Å². The van der Waals surface area contributed by atoms with E-state index in [2.05, 4.69) is 9.46 Å². The standard InChI is InChI=1S/C10H10N2O4S/c1-16-9(13)5-6-2-3-7-8(4-6)17(11,15)12-10(7)14/h2-4H,5H2,1H3,(H2,11,12,14,15). The third-order valence-corrected chi connectivity index (χ3v) is 3.84. The normalized spacial score (nSPS) is 21.8. The summed E-state index contributed by atoms with van der Waals surface area (Å²) in [5.74, 6) is -0.955. The zero-order valence-electron chi connectivity index (χ0n) is 8.98. The maximum Gasteiger partial charge on any atom is 0.309 e. The van der Waals surface area contributed by atoms with E-state index in [1.54, 1.807) is 6.07 Å². The monoisotopic (exact) mass is 254 g/mol. The number of rotatable bonds is 2. The lowest BCUT2D eigenvalue weighted by atomic mass is 10.1. The summed E-state index contributed by atoms with van der Waals surface area (Å²) in [4.78, 5) is 22.6. The molecule has 1 atom stereocenters. The van der Waals surface area contributed by atoms with E-state index in [4.69, 9.17) is 4.78 Å². The van der Waals surface area contributed by atoms with Crippen molar-refractivity contribution in [3.63, 3.8) is 0 Å². The zero-order chi connectivity index (χ0) is 12.6. The van der Waals surface area contributed by atoms with Gasteiger partial charge in [-0.05, 0) is 17.7 Å². The number of amides is 1. The van der Waals surface area contributed by atoms with Gasteiger partial charge in [-0.2, -0.15) is 0 Å². The van der Waals surface area contributed by atoms with E-state index in [0.29, 0.717) is 5.56 Å². The molecule has 0 saturated heterocycles. The number of nitrogens with one attached hydrogen (secondary N) is 2. The van der Waals surface area contributed by atoms with Gasteiger partial charge >= 0.3 is 5.97 Å². The van der Waals surface area contributed by atoms with Crippen molar-refractivity contribution in [2.45, 2.75) is 11.3 Å².